The molecule has 0 atom stereocenters. The molecule has 0 bridgehead atoms. The minimum atomic E-state index is 0.0766. The van der Waals surface area contributed by atoms with Crippen LogP contribution >= 0.6 is 0 Å². The van der Waals surface area contributed by atoms with E-state index in [2.05, 4.69) is 5.32 Å². The Hall–Kier alpha value is -1.31. The fourth-order valence-corrected chi connectivity index (χ4v) is 1.80. The molecule has 1 fully saturated rings. The van der Waals surface area contributed by atoms with Gasteiger partial charge in [-0.1, -0.05) is 18.2 Å². The van der Waals surface area contributed by atoms with E-state index in [9.17, 15) is 4.79 Å². The van der Waals surface area contributed by atoms with E-state index in [1.165, 1.54) is 0 Å². The van der Waals surface area contributed by atoms with Gasteiger partial charge in [-0.15, -0.1) is 0 Å². The van der Waals surface area contributed by atoms with Crippen molar-refractivity contribution in [2.75, 3.05) is 5.32 Å². The van der Waals surface area contributed by atoms with Crippen LogP contribution in [0.25, 0.3) is 0 Å². The van der Waals surface area contributed by atoms with Crippen molar-refractivity contribution in [3.8, 4) is 0 Å². The van der Waals surface area contributed by atoms with Gasteiger partial charge in [0.2, 0.25) is 0 Å². The van der Waals surface area contributed by atoms with E-state index in [1.54, 1.807) is 6.92 Å². The summed E-state index contributed by atoms with van der Waals surface area (Å²) in [7, 11) is 0. The van der Waals surface area contributed by atoms with Gasteiger partial charge in [0, 0.05) is 17.6 Å². The Bertz CT molecular complexity index is 327. The second kappa shape index (κ2) is 3.45. The minimum Gasteiger partial charge on any atom is -0.379 e. The first kappa shape index (κ1) is 9.25. The Morgan fingerprint density at radius 2 is 2.00 bits per heavy atom. The number of ketones is 1. The molecule has 0 amide bonds. The summed E-state index contributed by atoms with van der Waals surface area (Å²) >= 11 is 0. The van der Waals surface area contributed by atoms with Crippen LogP contribution in [-0.2, 0) is 4.79 Å². The summed E-state index contributed by atoms with van der Waals surface area (Å²) in [5.74, 6) is 0.269. The number of para-hydroxylation sites is 1. The molecule has 1 aliphatic rings. The van der Waals surface area contributed by atoms with E-state index in [0.717, 1.165) is 18.5 Å². The maximum absolute atomic E-state index is 11.0. The average Bonchev–Trinajstić information content (AvgIpc) is 2.85. The summed E-state index contributed by atoms with van der Waals surface area (Å²) in [5, 5.41) is 3.44. The third-order valence-corrected chi connectivity index (χ3v) is 2.62. The predicted molar refractivity (Wildman–Crippen MR) is 57.3 cm³/mol. The molecule has 0 saturated heterocycles. The summed E-state index contributed by atoms with van der Waals surface area (Å²) in [6.07, 6.45) is 2.88. The maximum atomic E-state index is 11.0. The Balaban J connectivity index is 2.01. The first-order valence-corrected chi connectivity index (χ1v) is 5.03. The van der Waals surface area contributed by atoms with Crippen molar-refractivity contribution in [3.05, 3.63) is 30.3 Å². The normalized spacial score (nSPS) is 17.5. The lowest BCUT2D eigenvalue weighted by molar-refractivity contribution is -0.117. The number of hydrogen-bond acceptors (Lipinski definition) is 2. The first-order chi connectivity index (χ1) is 6.70. The molecule has 1 N–H and O–H groups in total. The van der Waals surface area contributed by atoms with Crippen molar-refractivity contribution in [1.29, 1.82) is 0 Å². The molecular weight excluding hydrogens is 174 g/mol. The van der Waals surface area contributed by atoms with Gasteiger partial charge in [-0.05, 0) is 31.9 Å². The zero-order valence-corrected chi connectivity index (χ0v) is 8.42. The second-order valence-corrected chi connectivity index (χ2v) is 4.15. The van der Waals surface area contributed by atoms with Gasteiger partial charge in [-0.25, -0.2) is 0 Å². The molecule has 2 nitrogen and oxygen atoms in total. The van der Waals surface area contributed by atoms with Gasteiger partial charge in [0.15, 0.2) is 0 Å². The number of hydrogen-bond donors (Lipinski definition) is 1. The van der Waals surface area contributed by atoms with Gasteiger partial charge in [0.1, 0.15) is 5.78 Å². The molecule has 1 aromatic rings. The van der Waals surface area contributed by atoms with Crippen molar-refractivity contribution in [2.24, 2.45) is 0 Å². The summed E-state index contributed by atoms with van der Waals surface area (Å²) in [5.41, 5.74) is 1.19. The molecule has 0 radical (unpaired) electrons. The Morgan fingerprint density at radius 1 is 1.36 bits per heavy atom. The minimum absolute atomic E-state index is 0.0766. The summed E-state index contributed by atoms with van der Waals surface area (Å²) < 4.78 is 0. The third-order valence-electron chi connectivity index (χ3n) is 2.62. The van der Waals surface area contributed by atoms with Gasteiger partial charge in [-0.3, -0.25) is 4.79 Å². The summed E-state index contributed by atoms with van der Waals surface area (Å²) in [6, 6.07) is 10.1. The quantitative estimate of drug-likeness (QED) is 0.788. The fraction of sp³-hybridized carbons (Fsp3) is 0.417. The van der Waals surface area contributed by atoms with Gasteiger partial charge in [0.05, 0.1) is 0 Å². The Kier molecular flexibility index (Phi) is 2.28. The van der Waals surface area contributed by atoms with Gasteiger partial charge in [0.25, 0.3) is 0 Å². The molecule has 14 heavy (non-hydrogen) atoms. The lowest BCUT2D eigenvalue weighted by Crippen LogP contribution is -2.23. The molecule has 1 aliphatic carbocycles. The summed E-state index contributed by atoms with van der Waals surface area (Å²) in [4.78, 5) is 11.0. The molecule has 0 spiro atoms. The largest absolute Gasteiger partial charge is 0.379 e. The van der Waals surface area contributed by atoms with Crippen molar-refractivity contribution in [1.82, 2.24) is 0 Å². The van der Waals surface area contributed by atoms with Crippen LogP contribution in [0, 0.1) is 0 Å². The zero-order chi connectivity index (χ0) is 10.0. The van der Waals surface area contributed by atoms with Crippen LogP contribution in [0.4, 0.5) is 5.69 Å². The Morgan fingerprint density at radius 3 is 2.50 bits per heavy atom. The Labute approximate surface area is 84.3 Å². The molecule has 2 rings (SSSR count). The molecular formula is C12H15NO. The van der Waals surface area contributed by atoms with Crippen LogP contribution < -0.4 is 5.32 Å². The molecule has 0 aromatic heterocycles. The van der Waals surface area contributed by atoms with E-state index in [4.69, 9.17) is 0 Å². The number of benzene rings is 1. The van der Waals surface area contributed by atoms with Crippen LogP contribution in [0.2, 0.25) is 0 Å². The average molecular weight is 189 g/mol. The van der Waals surface area contributed by atoms with Gasteiger partial charge in [-0.2, -0.15) is 0 Å². The van der Waals surface area contributed by atoms with Crippen LogP contribution in [0.1, 0.15) is 26.2 Å². The van der Waals surface area contributed by atoms with Crippen LogP contribution in [0.5, 0.6) is 0 Å². The predicted octanol–water partition coefficient (Wildman–Crippen LogP) is 2.61. The van der Waals surface area contributed by atoms with Crippen molar-refractivity contribution in [2.45, 2.75) is 31.7 Å². The third kappa shape index (κ3) is 2.13. The van der Waals surface area contributed by atoms with Gasteiger partial charge >= 0.3 is 0 Å². The maximum Gasteiger partial charge on any atom is 0.132 e. The van der Waals surface area contributed by atoms with Crippen molar-refractivity contribution >= 4 is 11.5 Å². The van der Waals surface area contributed by atoms with E-state index < -0.39 is 0 Å². The highest BCUT2D eigenvalue weighted by Crippen LogP contribution is 2.41. The molecule has 2 heteroatoms. The zero-order valence-electron chi connectivity index (χ0n) is 8.42. The first-order valence-electron chi connectivity index (χ1n) is 5.03. The van der Waals surface area contributed by atoms with E-state index in [-0.39, 0.29) is 11.3 Å². The number of Topliss-reactive ketones (excluding diaryl/α,β-unsaturated/α-hetero) is 1. The number of anilines is 1. The second-order valence-electron chi connectivity index (χ2n) is 4.15. The highest BCUT2D eigenvalue weighted by molar-refractivity contribution is 5.78. The monoisotopic (exact) mass is 189 g/mol. The summed E-state index contributed by atoms with van der Waals surface area (Å²) in [6.45, 7) is 1.66. The van der Waals surface area contributed by atoms with E-state index >= 15 is 0 Å². The molecule has 74 valence electrons. The number of carbonyl (C=O) groups excluding carboxylic acids is 1. The fourth-order valence-electron chi connectivity index (χ4n) is 1.80. The van der Waals surface area contributed by atoms with Crippen LogP contribution in [0.15, 0.2) is 30.3 Å². The lowest BCUT2D eigenvalue weighted by Gasteiger charge is -2.16. The number of nitrogens with one attached hydrogen (secondary N) is 1. The SMILES string of the molecule is CC(=O)CC1(Nc2ccccc2)CC1. The number of rotatable bonds is 4. The van der Waals surface area contributed by atoms with Crippen LogP contribution in [0.3, 0.4) is 0 Å². The number of carbonyl (C=O) groups is 1. The topological polar surface area (TPSA) is 29.1 Å². The van der Waals surface area contributed by atoms with Crippen molar-refractivity contribution in [3.63, 3.8) is 0 Å². The standard InChI is InChI=1S/C12H15NO/c1-10(14)9-12(7-8-12)13-11-5-3-2-4-6-11/h2-6,13H,7-9H2,1H3. The van der Waals surface area contributed by atoms with E-state index in [0.29, 0.717) is 6.42 Å². The highest BCUT2D eigenvalue weighted by atomic mass is 16.1. The molecule has 1 aromatic carbocycles. The highest BCUT2D eigenvalue weighted by Gasteiger charge is 2.43. The van der Waals surface area contributed by atoms with Crippen molar-refractivity contribution < 1.29 is 4.79 Å². The molecule has 1 saturated carbocycles. The van der Waals surface area contributed by atoms with Gasteiger partial charge < -0.3 is 5.32 Å². The van der Waals surface area contributed by atoms with Crippen LogP contribution in [-0.4, -0.2) is 11.3 Å². The molecule has 0 heterocycles. The molecule has 0 aliphatic heterocycles. The smallest absolute Gasteiger partial charge is 0.132 e. The molecule has 0 unspecified atom stereocenters. The lowest BCUT2D eigenvalue weighted by atomic mass is 10.1. The van der Waals surface area contributed by atoms with E-state index in [1.807, 2.05) is 30.3 Å².